The molecule has 2 amide bonds. The van der Waals surface area contributed by atoms with Gasteiger partial charge in [-0.1, -0.05) is 61.3 Å². The SMILES string of the molecule is CCC(=O)N1CCC2CCCC(CN(C(=O)Cc3ccccc3Cl)Cc3ccccc31)N2Cc1ccncc1. The van der Waals surface area contributed by atoms with Gasteiger partial charge in [0.05, 0.1) is 6.42 Å². The van der Waals surface area contributed by atoms with Crippen molar-refractivity contribution < 1.29 is 9.59 Å². The molecular formula is C32H37ClN4O2. The van der Waals surface area contributed by atoms with Crippen LogP contribution >= 0.6 is 11.6 Å². The molecule has 0 N–H and O–H groups in total. The van der Waals surface area contributed by atoms with E-state index in [-0.39, 0.29) is 24.3 Å². The van der Waals surface area contributed by atoms with Crippen molar-refractivity contribution in [3.8, 4) is 0 Å². The molecule has 7 heteroatoms. The molecule has 2 aliphatic rings. The molecule has 2 atom stereocenters. The number of halogens is 1. The van der Waals surface area contributed by atoms with Crippen LogP contribution in [-0.4, -0.2) is 51.8 Å². The van der Waals surface area contributed by atoms with Crippen molar-refractivity contribution >= 4 is 29.1 Å². The number of piperidine rings is 1. The zero-order valence-electron chi connectivity index (χ0n) is 22.6. The molecule has 0 radical (unpaired) electrons. The zero-order chi connectivity index (χ0) is 27.2. The standard InChI is InChI=1S/C32H37ClN4O2/c1-2-31(38)36-19-16-27-10-7-11-28(37(27)21-24-14-17-34-18-15-24)23-35(22-26-9-4-6-13-30(26)36)32(39)20-25-8-3-5-12-29(25)33/h3-6,8-9,12-15,17-18,27-28H,2,7,10-11,16,19-23H2,1H3. The maximum Gasteiger partial charge on any atom is 0.227 e. The van der Waals surface area contributed by atoms with Crippen LogP contribution in [0.25, 0.3) is 0 Å². The predicted molar refractivity (Wildman–Crippen MR) is 155 cm³/mol. The van der Waals surface area contributed by atoms with Gasteiger partial charge in [-0.15, -0.1) is 0 Å². The Balaban J connectivity index is 1.53. The molecule has 6 nitrogen and oxygen atoms in total. The van der Waals surface area contributed by atoms with E-state index in [0.29, 0.717) is 37.1 Å². The van der Waals surface area contributed by atoms with Gasteiger partial charge in [0.1, 0.15) is 0 Å². The summed E-state index contributed by atoms with van der Waals surface area (Å²) in [5, 5.41) is 0.612. The fourth-order valence-corrected chi connectivity index (χ4v) is 6.27. The minimum Gasteiger partial charge on any atom is -0.336 e. The summed E-state index contributed by atoms with van der Waals surface area (Å²) in [6.07, 6.45) is 8.52. The van der Waals surface area contributed by atoms with Crippen molar-refractivity contribution in [2.45, 2.75) is 70.6 Å². The van der Waals surface area contributed by atoms with Gasteiger partial charge < -0.3 is 9.80 Å². The average molecular weight is 545 g/mol. The molecule has 1 fully saturated rings. The summed E-state index contributed by atoms with van der Waals surface area (Å²) in [5.74, 6) is 0.167. The highest BCUT2D eigenvalue weighted by Crippen LogP contribution is 2.32. The van der Waals surface area contributed by atoms with Crippen LogP contribution in [-0.2, 0) is 29.1 Å². The third-order valence-electron chi connectivity index (χ3n) is 8.14. The molecule has 2 bridgehead atoms. The Morgan fingerprint density at radius 3 is 2.46 bits per heavy atom. The number of carbonyl (C=O) groups excluding carboxylic acids is 2. The van der Waals surface area contributed by atoms with Crippen molar-refractivity contribution in [2.75, 3.05) is 18.0 Å². The first-order valence-electron chi connectivity index (χ1n) is 14.1. The highest BCUT2D eigenvalue weighted by Gasteiger charge is 2.34. The lowest BCUT2D eigenvalue weighted by atomic mass is 9.92. The Morgan fingerprint density at radius 1 is 0.923 bits per heavy atom. The van der Waals surface area contributed by atoms with Gasteiger partial charge in [-0.05, 0) is 60.2 Å². The van der Waals surface area contributed by atoms with Gasteiger partial charge in [0.25, 0.3) is 0 Å². The highest BCUT2D eigenvalue weighted by molar-refractivity contribution is 6.31. The van der Waals surface area contributed by atoms with Gasteiger partial charge in [0, 0.05) is 67.8 Å². The molecule has 204 valence electrons. The van der Waals surface area contributed by atoms with E-state index in [4.69, 9.17) is 11.6 Å². The molecule has 0 saturated carbocycles. The second-order valence-electron chi connectivity index (χ2n) is 10.6. The first kappa shape index (κ1) is 27.4. The number of amides is 2. The van der Waals surface area contributed by atoms with E-state index in [1.807, 2.05) is 71.6 Å². The monoisotopic (exact) mass is 544 g/mol. The minimum atomic E-state index is 0.0523. The lowest BCUT2D eigenvalue weighted by Gasteiger charge is -2.44. The lowest BCUT2D eigenvalue weighted by Crippen LogP contribution is -2.52. The lowest BCUT2D eigenvalue weighted by molar-refractivity contribution is -0.132. The Labute approximate surface area is 236 Å². The molecule has 3 heterocycles. The number of anilines is 1. The number of nitrogens with zero attached hydrogens (tertiary/aromatic N) is 4. The van der Waals surface area contributed by atoms with Gasteiger partial charge in [-0.3, -0.25) is 19.5 Å². The van der Waals surface area contributed by atoms with E-state index >= 15 is 0 Å². The number of fused-ring (bicyclic) bond motifs is 3. The molecule has 2 unspecified atom stereocenters. The molecule has 2 aliphatic heterocycles. The van der Waals surface area contributed by atoms with Crippen LogP contribution < -0.4 is 4.90 Å². The van der Waals surface area contributed by atoms with Gasteiger partial charge in [-0.25, -0.2) is 0 Å². The molecular weight excluding hydrogens is 508 g/mol. The molecule has 1 saturated heterocycles. The summed E-state index contributed by atoms with van der Waals surface area (Å²) in [5.41, 5.74) is 3.97. The first-order chi connectivity index (χ1) is 19.0. The molecule has 0 spiro atoms. The van der Waals surface area contributed by atoms with Gasteiger partial charge >= 0.3 is 0 Å². The van der Waals surface area contributed by atoms with E-state index in [1.165, 1.54) is 5.56 Å². The highest BCUT2D eigenvalue weighted by atomic mass is 35.5. The maximum atomic E-state index is 13.9. The number of hydrogen-bond donors (Lipinski definition) is 0. The summed E-state index contributed by atoms with van der Waals surface area (Å²) in [7, 11) is 0. The van der Waals surface area contributed by atoms with Crippen LogP contribution in [0.3, 0.4) is 0 Å². The van der Waals surface area contributed by atoms with Crippen LogP contribution in [0.5, 0.6) is 0 Å². The summed E-state index contributed by atoms with van der Waals surface area (Å²) < 4.78 is 0. The second kappa shape index (κ2) is 12.8. The summed E-state index contributed by atoms with van der Waals surface area (Å²) in [4.78, 5) is 37.9. The van der Waals surface area contributed by atoms with Crippen molar-refractivity contribution in [2.24, 2.45) is 0 Å². The molecule has 0 aliphatic carbocycles. The third-order valence-corrected chi connectivity index (χ3v) is 8.51. The van der Waals surface area contributed by atoms with Crippen LogP contribution in [0.15, 0.2) is 73.1 Å². The largest absolute Gasteiger partial charge is 0.336 e. The molecule has 5 rings (SSSR count). The Morgan fingerprint density at radius 2 is 1.67 bits per heavy atom. The maximum absolute atomic E-state index is 13.9. The molecule has 1 aromatic heterocycles. The van der Waals surface area contributed by atoms with E-state index in [1.54, 1.807) is 0 Å². The van der Waals surface area contributed by atoms with Crippen LogP contribution in [0.4, 0.5) is 5.69 Å². The van der Waals surface area contributed by atoms with Crippen molar-refractivity contribution in [1.29, 1.82) is 0 Å². The number of para-hydroxylation sites is 1. The van der Waals surface area contributed by atoms with Crippen LogP contribution in [0, 0.1) is 0 Å². The van der Waals surface area contributed by atoms with E-state index < -0.39 is 0 Å². The number of aromatic nitrogens is 1. The first-order valence-corrected chi connectivity index (χ1v) is 14.5. The fraction of sp³-hybridized carbons (Fsp3) is 0.406. The molecule has 3 aromatic rings. The molecule has 39 heavy (non-hydrogen) atoms. The number of pyridine rings is 1. The fourth-order valence-electron chi connectivity index (χ4n) is 6.07. The quantitative estimate of drug-likeness (QED) is 0.403. The normalized spacial score (nSPS) is 20.2. The van der Waals surface area contributed by atoms with E-state index in [2.05, 4.69) is 28.1 Å². The van der Waals surface area contributed by atoms with E-state index in [9.17, 15) is 9.59 Å². The number of rotatable bonds is 5. The number of hydrogen-bond acceptors (Lipinski definition) is 4. The predicted octanol–water partition coefficient (Wildman–Crippen LogP) is 5.88. The third kappa shape index (κ3) is 6.51. The van der Waals surface area contributed by atoms with Crippen LogP contribution in [0.2, 0.25) is 5.02 Å². The summed E-state index contributed by atoms with van der Waals surface area (Å²) in [6.45, 7) is 4.49. The van der Waals surface area contributed by atoms with Crippen molar-refractivity contribution in [3.05, 3.63) is 94.8 Å². The van der Waals surface area contributed by atoms with Crippen LogP contribution in [0.1, 0.15) is 55.7 Å². The van der Waals surface area contributed by atoms with Crippen molar-refractivity contribution in [3.63, 3.8) is 0 Å². The van der Waals surface area contributed by atoms with Gasteiger partial charge in [0.2, 0.25) is 11.8 Å². The smallest absolute Gasteiger partial charge is 0.227 e. The zero-order valence-corrected chi connectivity index (χ0v) is 23.4. The van der Waals surface area contributed by atoms with Gasteiger partial charge in [0.15, 0.2) is 0 Å². The minimum absolute atomic E-state index is 0.0523. The Hall–Kier alpha value is -3.22. The number of benzene rings is 2. The average Bonchev–Trinajstić information content (AvgIpc) is 2.97. The second-order valence-corrected chi connectivity index (χ2v) is 11.0. The Kier molecular flexibility index (Phi) is 8.95. The van der Waals surface area contributed by atoms with Gasteiger partial charge in [-0.2, -0.15) is 0 Å². The topological polar surface area (TPSA) is 56.8 Å². The summed E-state index contributed by atoms with van der Waals surface area (Å²) in [6, 6.07) is 20.3. The van der Waals surface area contributed by atoms with E-state index in [0.717, 1.165) is 49.0 Å². The summed E-state index contributed by atoms with van der Waals surface area (Å²) >= 11 is 6.46. The van der Waals surface area contributed by atoms with Crippen molar-refractivity contribution in [1.82, 2.24) is 14.8 Å². The number of carbonyl (C=O) groups is 2. The Bertz CT molecular complexity index is 1280. The molecule has 2 aromatic carbocycles.